The minimum absolute atomic E-state index is 0.150. The molecule has 0 aliphatic rings. The lowest BCUT2D eigenvalue weighted by molar-refractivity contribution is 0.0994. The van der Waals surface area contributed by atoms with Crippen LogP contribution in [0.5, 0.6) is 0 Å². The van der Waals surface area contributed by atoms with Gasteiger partial charge >= 0.3 is 0 Å². The van der Waals surface area contributed by atoms with Gasteiger partial charge in [0.1, 0.15) is 0 Å². The number of halogens is 1. The highest BCUT2D eigenvalue weighted by atomic mass is 35.5. The van der Waals surface area contributed by atoms with Crippen molar-refractivity contribution in [2.75, 3.05) is 17.7 Å². The van der Waals surface area contributed by atoms with Crippen LogP contribution in [0.25, 0.3) is 0 Å². The predicted octanol–water partition coefficient (Wildman–Crippen LogP) is 3.76. The molecule has 2 N–H and O–H groups in total. The van der Waals surface area contributed by atoms with E-state index in [2.05, 4.69) is 6.92 Å². The molecule has 4 heteroatoms. The van der Waals surface area contributed by atoms with E-state index in [0.29, 0.717) is 16.3 Å². The molecule has 0 aromatic heterocycles. The van der Waals surface area contributed by atoms with Gasteiger partial charge in [-0.15, -0.1) is 0 Å². The molecule has 1 amide bonds. The number of hydrogen-bond donors (Lipinski definition) is 1. The summed E-state index contributed by atoms with van der Waals surface area (Å²) >= 11 is 5.85. The second-order valence-electron chi connectivity index (χ2n) is 4.62. The van der Waals surface area contributed by atoms with Gasteiger partial charge in [-0.3, -0.25) is 4.79 Å². The molecule has 0 fully saturated rings. The average Bonchev–Trinajstić information content (AvgIpc) is 2.46. The van der Waals surface area contributed by atoms with Crippen LogP contribution < -0.4 is 10.6 Å². The Kier molecular flexibility index (Phi) is 4.30. The molecule has 0 radical (unpaired) electrons. The molecule has 0 heterocycles. The fraction of sp³-hybridized carbons (Fsp3) is 0.188. The highest BCUT2D eigenvalue weighted by Crippen LogP contribution is 2.22. The molecule has 2 aromatic carbocycles. The predicted molar refractivity (Wildman–Crippen MR) is 84.4 cm³/mol. The highest BCUT2D eigenvalue weighted by Gasteiger charge is 2.16. The first-order valence-electron chi connectivity index (χ1n) is 6.45. The number of rotatable bonds is 3. The minimum atomic E-state index is -0.150. The van der Waals surface area contributed by atoms with Crippen molar-refractivity contribution >= 4 is 28.9 Å². The van der Waals surface area contributed by atoms with Crippen molar-refractivity contribution in [1.29, 1.82) is 0 Å². The summed E-state index contributed by atoms with van der Waals surface area (Å²) in [5, 5.41) is 0.522. The summed E-state index contributed by atoms with van der Waals surface area (Å²) in [5.74, 6) is -0.150. The lowest BCUT2D eigenvalue weighted by Gasteiger charge is -2.18. The number of nitrogens with two attached hydrogens (primary N) is 1. The SMILES string of the molecule is CCc1ccc(N(C)C(=O)c2ccc(Cl)cc2N)cc1. The Bertz CT molecular complexity index is 623. The Labute approximate surface area is 124 Å². The van der Waals surface area contributed by atoms with Crippen LogP contribution in [0.3, 0.4) is 0 Å². The van der Waals surface area contributed by atoms with E-state index in [1.54, 1.807) is 30.1 Å². The van der Waals surface area contributed by atoms with E-state index in [4.69, 9.17) is 17.3 Å². The Morgan fingerprint density at radius 2 is 1.85 bits per heavy atom. The third-order valence-electron chi connectivity index (χ3n) is 3.28. The zero-order valence-corrected chi connectivity index (χ0v) is 12.3. The summed E-state index contributed by atoms with van der Waals surface area (Å²) in [5.41, 5.74) is 8.77. The third-order valence-corrected chi connectivity index (χ3v) is 3.52. The molecule has 2 rings (SSSR count). The Hall–Kier alpha value is -2.00. The van der Waals surface area contributed by atoms with Crippen molar-refractivity contribution < 1.29 is 4.79 Å². The number of benzene rings is 2. The smallest absolute Gasteiger partial charge is 0.260 e. The molecule has 0 aliphatic carbocycles. The van der Waals surface area contributed by atoms with E-state index in [-0.39, 0.29) is 5.91 Å². The quantitative estimate of drug-likeness (QED) is 0.874. The molecule has 0 aliphatic heterocycles. The van der Waals surface area contributed by atoms with Gasteiger partial charge in [-0.2, -0.15) is 0 Å². The molecular formula is C16H17ClN2O. The molecule has 0 atom stereocenters. The normalized spacial score (nSPS) is 10.3. The van der Waals surface area contributed by atoms with Crippen molar-refractivity contribution in [1.82, 2.24) is 0 Å². The molecular weight excluding hydrogens is 272 g/mol. The molecule has 2 aromatic rings. The molecule has 20 heavy (non-hydrogen) atoms. The van der Waals surface area contributed by atoms with Crippen LogP contribution in [0.15, 0.2) is 42.5 Å². The largest absolute Gasteiger partial charge is 0.398 e. The number of nitrogens with zero attached hydrogens (tertiary/aromatic N) is 1. The second-order valence-corrected chi connectivity index (χ2v) is 5.05. The van der Waals surface area contributed by atoms with E-state index in [1.165, 1.54) is 5.56 Å². The fourth-order valence-corrected chi connectivity index (χ4v) is 2.16. The maximum atomic E-state index is 12.4. The topological polar surface area (TPSA) is 46.3 Å². The van der Waals surface area contributed by atoms with Gasteiger partial charge in [0.2, 0.25) is 0 Å². The fourth-order valence-electron chi connectivity index (χ4n) is 1.98. The van der Waals surface area contributed by atoms with Crippen LogP contribution in [0.4, 0.5) is 11.4 Å². The first-order chi connectivity index (χ1) is 9.52. The van der Waals surface area contributed by atoms with E-state index >= 15 is 0 Å². The monoisotopic (exact) mass is 288 g/mol. The number of anilines is 2. The summed E-state index contributed by atoms with van der Waals surface area (Å²) in [4.78, 5) is 14.0. The first kappa shape index (κ1) is 14.4. The van der Waals surface area contributed by atoms with Crippen LogP contribution in [-0.4, -0.2) is 13.0 Å². The van der Waals surface area contributed by atoms with Crippen LogP contribution >= 0.6 is 11.6 Å². The maximum Gasteiger partial charge on any atom is 0.260 e. The lowest BCUT2D eigenvalue weighted by atomic mass is 10.1. The molecule has 104 valence electrons. The summed E-state index contributed by atoms with van der Waals surface area (Å²) < 4.78 is 0. The van der Waals surface area contributed by atoms with Gasteiger partial charge in [0, 0.05) is 23.4 Å². The van der Waals surface area contributed by atoms with Crippen LogP contribution in [0.1, 0.15) is 22.8 Å². The van der Waals surface area contributed by atoms with Crippen LogP contribution in [0.2, 0.25) is 5.02 Å². The minimum Gasteiger partial charge on any atom is -0.398 e. The summed E-state index contributed by atoms with van der Waals surface area (Å²) in [6.45, 7) is 2.10. The van der Waals surface area contributed by atoms with E-state index < -0.39 is 0 Å². The number of carbonyl (C=O) groups excluding carboxylic acids is 1. The van der Waals surface area contributed by atoms with Gasteiger partial charge in [-0.25, -0.2) is 0 Å². The lowest BCUT2D eigenvalue weighted by Crippen LogP contribution is -2.27. The van der Waals surface area contributed by atoms with Crippen molar-refractivity contribution in [3.05, 3.63) is 58.6 Å². The van der Waals surface area contributed by atoms with Gasteiger partial charge in [-0.1, -0.05) is 30.7 Å². The van der Waals surface area contributed by atoms with E-state index in [9.17, 15) is 4.79 Å². The van der Waals surface area contributed by atoms with Crippen molar-refractivity contribution in [2.45, 2.75) is 13.3 Å². The first-order valence-corrected chi connectivity index (χ1v) is 6.82. The zero-order valence-electron chi connectivity index (χ0n) is 11.6. The standard InChI is InChI=1S/C16H17ClN2O/c1-3-11-4-7-13(8-5-11)19(2)16(20)14-9-6-12(17)10-15(14)18/h4-10H,3,18H2,1-2H3. The number of nitrogen functional groups attached to an aromatic ring is 1. The summed E-state index contributed by atoms with van der Waals surface area (Å²) in [6.07, 6.45) is 0.974. The summed E-state index contributed by atoms with van der Waals surface area (Å²) in [6, 6.07) is 12.8. The average molecular weight is 289 g/mol. The Morgan fingerprint density at radius 3 is 2.40 bits per heavy atom. The molecule has 0 saturated carbocycles. The highest BCUT2D eigenvalue weighted by molar-refractivity contribution is 6.31. The molecule has 0 saturated heterocycles. The van der Waals surface area contributed by atoms with Gasteiger partial charge in [0.15, 0.2) is 0 Å². The number of amides is 1. The molecule has 0 spiro atoms. The molecule has 0 bridgehead atoms. The number of hydrogen-bond acceptors (Lipinski definition) is 2. The Balaban J connectivity index is 2.27. The Morgan fingerprint density at radius 1 is 1.20 bits per heavy atom. The van der Waals surface area contributed by atoms with Gasteiger partial charge in [-0.05, 0) is 42.3 Å². The zero-order chi connectivity index (χ0) is 14.7. The maximum absolute atomic E-state index is 12.4. The van der Waals surface area contributed by atoms with E-state index in [1.807, 2.05) is 24.3 Å². The third kappa shape index (κ3) is 2.94. The summed E-state index contributed by atoms with van der Waals surface area (Å²) in [7, 11) is 1.73. The van der Waals surface area contributed by atoms with E-state index in [0.717, 1.165) is 12.1 Å². The molecule has 0 unspecified atom stereocenters. The number of carbonyl (C=O) groups is 1. The van der Waals surface area contributed by atoms with Gasteiger partial charge < -0.3 is 10.6 Å². The van der Waals surface area contributed by atoms with Crippen molar-refractivity contribution in [3.63, 3.8) is 0 Å². The molecule has 3 nitrogen and oxygen atoms in total. The van der Waals surface area contributed by atoms with Crippen LogP contribution in [-0.2, 0) is 6.42 Å². The van der Waals surface area contributed by atoms with Gasteiger partial charge in [0.25, 0.3) is 5.91 Å². The number of aryl methyl sites for hydroxylation is 1. The van der Waals surface area contributed by atoms with Crippen molar-refractivity contribution in [3.8, 4) is 0 Å². The van der Waals surface area contributed by atoms with Gasteiger partial charge in [0.05, 0.1) is 5.56 Å². The van der Waals surface area contributed by atoms with Crippen LogP contribution in [0, 0.1) is 0 Å². The second kappa shape index (κ2) is 5.97. The van der Waals surface area contributed by atoms with Crippen molar-refractivity contribution in [2.24, 2.45) is 0 Å².